The molecule has 1 aliphatic carbocycles. The molecule has 0 spiro atoms. The number of hydrogen-bond acceptors (Lipinski definition) is 3. The monoisotopic (exact) mass is 254 g/mol. The van der Waals surface area contributed by atoms with Crippen LogP contribution in [0.15, 0.2) is 0 Å². The molecular weight excluding hydrogens is 224 g/mol. The van der Waals surface area contributed by atoms with Gasteiger partial charge in [0, 0.05) is 19.6 Å². The largest absolute Gasteiger partial charge is 0.389 e. The number of likely N-dealkylation sites (tertiary alicyclic amines) is 1. The van der Waals surface area contributed by atoms with E-state index in [4.69, 9.17) is 0 Å². The van der Waals surface area contributed by atoms with Gasteiger partial charge >= 0.3 is 0 Å². The Hall–Kier alpha value is -0.120. The third-order valence-corrected chi connectivity index (χ3v) is 4.79. The zero-order chi connectivity index (χ0) is 13.1. The number of nitrogens with one attached hydrogen (secondary N) is 1. The smallest absolute Gasteiger partial charge is 0.0772 e. The molecule has 3 heteroatoms. The summed E-state index contributed by atoms with van der Waals surface area (Å²) in [6.45, 7) is 10.1. The van der Waals surface area contributed by atoms with Crippen LogP contribution < -0.4 is 5.32 Å². The van der Waals surface area contributed by atoms with Crippen molar-refractivity contribution in [1.29, 1.82) is 0 Å². The average Bonchev–Trinajstić information content (AvgIpc) is 2.83. The Labute approximate surface area is 112 Å². The summed E-state index contributed by atoms with van der Waals surface area (Å²) in [7, 11) is 0. The molecule has 1 aliphatic heterocycles. The summed E-state index contributed by atoms with van der Waals surface area (Å²) < 4.78 is 0. The normalized spacial score (nSPS) is 27.5. The van der Waals surface area contributed by atoms with E-state index in [1.807, 2.05) is 0 Å². The van der Waals surface area contributed by atoms with Gasteiger partial charge < -0.3 is 15.3 Å². The predicted octanol–water partition coefficient (Wildman–Crippen LogP) is 2.00. The van der Waals surface area contributed by atoms with Crippen LogP contribution in [-0.2, 0) is 0 Å². The molecule has 106 valence electrons. The minimum absolute atomic E-state index is 0.432. The van der Waals surface area contributed by atoms with E-state index in [0.717, 1.165) is 45.3 Å². The number of nitrogens with zero attached hydrogens (tertiary/aromatic N) is 1. The van der Waals surface area contributed by atoms with Gasteiger partial charge in [0.1, 0.15) is 0 Å². The Kier molecular flexibility index (Phi) is 4.68. The maximum absolute atomic E-state index is 10.5. The van der Waals surface area contributed by atoms with Gasteiger partial charge in [-0.1, -0.05) is 13.8 Å². The van der Waals surface area contributed by atoms with E-state index in [2.05, 4.69) is 24.1 Å². The topological polar surface area (TPSA) is 35.5 Å². The van der Waals surface area contributed by atoms with Gasteiger partial charge in [0.15, 0.2) is 0 Å². The molecule has 1 saturated heterocycles. The van der Waals surface area contributed by atoms with Crippen molar-refractivity contribution in [2.75, 3.05) is 32.7 Å². The van der Waals surface area contributed by atoms with Gasteiger partial charge in [0.2, 0.25) is 0 Å². The van der Waals surface area contributed by atoms with Crippen LogP contribution in [0.5, 0.6) is 0 Å². The van der Waals surface area contributed by atoms with E-state index < -0.39 is 5.60 Å². The highest BCUT2D eigenvalue weighted by Crippen LogP contribution is 2.39. The summed E-state index contributed by atoms with van der Waals surface area (Å²) in [6.07, 6.45) is 6.93. The van der Waals surface area contributed by atoms with Crippen molar-refractivity contribution in [3.05, 3.63) is 0 Å². The molecule has 18 heavy (non-hydrogen) atoms. The van der Waals surface area contributed by atoms with Crippen LogP contribution in [0.4, 0.5) is 0 Å². The van der Waals surface area contributed by atoms with Crippen molar-refractivity contribution >= 4 is 0 Å². The van der Waals surface area contributed by atoms with Crippen LogP contribution in [0.3, 0.4) is 0 Å². The zero-order valence-corrected chi connectivity index (χ0v) is 12.2. The minimum atomic E-state index is -0.444. The first-order chi connectivity index (χ1) is 8.49. The maximum atomic E-state index is 10.5. The van der Waals surface area contributed by atoms with Crippen molar-refractivity contribution < 1.29 is 5.11 Å². The van der Waals surface area contributed by atoms with E-state index in [1.54, 1.807) is 0 Å². The SMILES string of the molecule is CC1(C)CCC(O)(CNCCN2CCCC2)CC1. The molecule has 0 atom stereocenters. The van der Waals surface area contributed by atoms with Gasteiger partial charge in [0.25, 0.3) is 0 Å². The zero-order valence-electron chi connectivity index (χ0n) is 12.2. The first-order valence-corrected chi connectivity index (χ1v) is 7.65. The van der Waals surface area contributed by atoms with Crippen molar-refractivity contribution in [2.24, 2.45) is 5.41 Å². The molecule has 0 aromatic rings. The van der Waals surface area contributed by atoms with Crippen LogP contribution in [0.1, 0.15) is 52.4 Å². The number of rotatable bonds is 5. The second kappa shape index (κ2) is 5.89. The van der Waals surface area contributed by atoms with Crippen LogP contribution in [0.2, 0.25) is 0 Å². The van der Waals surface area contributed by atoms with Crippen molar-refractivity contribution in [3.63, 3.8) is 0 Å². The lowest BCUT2D eigenvalue weighted by atomic mass is 9.71. The lowest BCUT2D eigenvalue weighted by Gasteiger charge is -2.40. The van der Waals surface area contributed by atoms with Gasteiger partial charge in [-0.2, -0.15) is 0 Å². The molecule has 0 unspecified atom stereocenters. The molecule has 2 rings (SSSR count). The van der Waals surface area contributed by atoms with E-state index in [0.29, 0.717) is 5.41 Å². The van der Waals surface area contributed by atoms with Crippen LogP contribution >= 0.6 is 0 Å². The lowest BCUT2D eigenvalue weighted by Crippen LogP contribution is -2.46. The van der Waals surface area contributed by atoms with Crippen LogP contribution in [0.25, 0.3) is 0 Å². The Morgan fingerprint density at radius 2 is 1.67 bits per heavy atom. The number of aliphatic hydroxyl groups is 1. The summed E-state index contributed by atoms with van der Waals surface area (Å²) in [4.78, 5) is 2.51. The van der Waals surface area contributed by atoms with Crippen LogP contribution in [-0.4, -0.2) is 48.3 Å². The Bertz CT molecular complexity index is 249. The molecule has 1 heterocycles. The van der Waals surface area contributed by atoms with Gasteiger partial charge in [-0.25, -0.2) is 0 Å². The Morgan fingerprint density at radius 3 is 2.28 bits per heavy atom. The molecule has 2 aliphatic rings. The Morgan fingerprint density at radius 1 is 1.06 bits per heavy atom. The summed E-state index contributed by atoms with van der Waals surface area (Å²) in [6, 6.07) is 0. The molecule has 0 aromatic carbocycles. The maximum Gasteiger partial charge on any atom is 0.0772 e. The molecule has 0 aromatic heterocycles. The fraction of sp³-hybridized carbons (Fsp3) is 1.00. The van der Waals surface area contributed by atoms with E-state index in [-0.39, 0.29) is 0 Å². The molecule has 2 fully saturated rings. The highest BCUT2D eigenvalue weighted by atomic mass is 16.3. The standard InChI is InChI=1S/C15H30N2O/c1-14(2)5-7-15(18,8-6-14)13-16-9-12-17-10-3-4-11-17/h16,18H,3-13H2,1-2H3. The third-order valence-electron chi connectivity index (χ3n) is 4.79. The van der Waals surface area contributed by atoms with Gasteiger partial charge in [-0.15, -0.1) is 0 Å². The van der Waals surface area contributed by atoms with E-state index in [9.17, 15) is 5.11 Å². The molecule has 0 bridgehead atoms. The lowest BCUT2D eigenvalue weighted by molar-refractivity contribution is -0.0243. The quantitative estimate of drug-likeness (QED) is 0.737. The van der Waals surface area contributed by atoms with Crippen molar-refractivity contribution in [2.45, 2.75) is 58.0 Å². The summed E-state index contributed by atoms with van der Waals surface area (Å²) in [5, 5.41) is 14.0. The molecule has 1 saturated carbocycles. The Balaban J connectivity index is 1.60. The van der Waals surface area contributed by atoms with Gasteiger partial charge in [-0.3, -0.25) is 0 Å². The molecular formula is C15H30N2O. The summed E-state index contributed by atoms with van der Waals surface area (Å²) in [5.41, 5.74) is -0.0116. The van der Waals surface area contributed by atoms with Gasteiger partial charge in [0.05, 0.1) is 5.60 Å². The summed E-state index contributed by atoms with van der Waals surface area (Å²) >= 11 is 0. The summed E-state index contributed by atoms with van der Waals surface area (Å²) in [5.74, 6) is 0. The average molecular weight is 254 g/mol. The highest BCUT2D eigenvalue weighted by Gasteiger charge is 2.36. The first-order valence-electron chi connectivity index (χ1n) is 7.65. The number of hydrogen-bond donors (Lipinski definition) is 2. The van der Waals surface area contributed by atoms with Gasteiger partial charge in [-0.05, 0) is 57.0 Å². The van der Waals surface area contributed by atoms with Crippen molar-refractivity contribution in [3.8, 4) is 0 Å². The van der Waals surface area contributed by atoms with Crippen LogP contribution in [0, 0.1) is 5.41 Å². The van der Waals surface area contributed by atoms with E-state index >= 15 is 0 Å². The second-order valence-electron chi connectivity index (χ2n) is 7.11. The first kappa shape index (κ1) is 14.3. The second-order valence-corrected chi connectivity index (χ2v) is 7.11. The molecule has 2 N–H and O–H groups in total. The van der Waals surface area contributed by atoms with E-state index in [1.165, 1.54) is 25.9 Å². The fourth-order valence-electron chi connectivity index (χ4n) is 3.13. The van der Waals surface area contributed by atoms with Crippen molar-refractivity contribution in [1.82, 2.24) is 10.2 Å². The highest BCUT2D eigenvalue weighted by molar-refractivity contribution is 4.90. The predicted molar refractivity (Wildman–Crippen MR) is 75.7 cm³/mol. The molecule has 0 radical (unpaired) electrons. The molecule has 3 nitrogen and oxygen atoms in total. The molecule has 0 amide bonds. The fourth-order valence-corrected chi connectivity index (χ4v) is 3.13. The minimum Gasteiger partial charge on any atom is -0.389 e. The third kappa shape index (κ3) is 4.22.